The van der Waals surface area contributed by atoms with Crippen LogP contribution >= 0.6 is 11.3 Å². The Labute approximate surface area is 132 Å². The Morgan fingerprint density at radius 1 is 1.48 bits per heavy atom. The fourth-order valence-electron chi connectivity index (χ4n) is 2.72. The summed E-state index contributed by atoms with van der Waals surface area (Å²) in [5.74, 6) is 1.03. The van der Waals surface area contributed by atoms with Gasteiger partial charge in [-0.25, -0.2) is 8.42 Å². The van der Waals surface area contributed by atoms with E-state index in [0.717, 1.165) is 24.3 Å². The second-order valence-electron chi connectivity index (χ2n) is 6.04. The van der Waals surface area contributed by atoms with Crippen LogP contribution in [0.3, 0.4) is 0 Å². The Balaban J connectivity index is 2.12. The molecule has 1 N–H and O–H groups in total. The third-order valence-corrected chi connectivity index (χ3v) is 7.16. The van der Waals surface area contributed by atoms with Crippen molar-refractivity contribution in [2.45, 2.75) is 45.1 Å². The van der Waals surface area contributed by atoms with Gasteiger partial charge in [-0.05, 0) is 42.7 Å². The first-order valence-corrected chi connectivity index (χ1v) is 10.1. The Bertz CT molecular complexity index is 552. The first kappa shape index (κ1) is 16.9. The standard InChI is InChI=1S/C15H26N2O2S2/c1-4-7-16-10-14-15(6-9-20-14)21(18,19)17-8-5-13(11-17)12(2)3/h6,9,12-13,16H,4-5,7-8,10-11H2,1-3H3. The highest BCUT2D eigenvalue weighted by molar-refractivity contribution is 7.89. The lowest BCUT2D eigenvalue weighted by atomic mass is 9.96. The largest absolute Gasteiger partial charge is 0.312 e. The van der Waals surface area contributed by atoms with Crippen molar-refractivity contribution >= 4 is 21.4 Å². The van der Waals surface area contributed by atoms with Gasteiger partial charge in [0.05, 0.1) is 4.90 Å². The third kappa shape index (κ3) is 3.86. The minimum atomic E-state index is -3.33. The van der Waals surface area contributed by atoms with Gasteiger partial charge in [-0.1, -0.05) is 20.8 Å². The molecule has 1 fully saturated rings. The van der Waals surface area contributed by atoms with E-state index in [1.165, 1.54) is 11.3 Å². The van der Waals surface area contributed by atoms with E-state index in [1.54, 1.807) is 10.4 Å². The number of nitrogens with zero attached hydrogens (tertiary/aromatic N) is 1. The number of hydrogen-bond acceptors (Lipinski definition) is 4. The molecule has 0 aromatic carbocycles. The number of sulfonamides is 1. The molecular formula is C15H26N2O2S2. The van der Waals surface area contributed by atoms with Gasteiger partial charge >= 0.3 is 0 Å². The summed E-state index contributed by atoms with van der Waals surface area (Å²) in [6, 6.07) is 1.76. The predicted octanol–water partition coefficient (Wildman–Crippen LogP) is 2.91. The minimum absolute atomic E-state index is 0.486. The average Bonchev–Trinajstić information content (AvgIpc) is 3.08. The van der Waals surface area contributed by atoms with E-state index in [4.69, 9.17) is 0 Å². The second-order valence-corrected chi connectivity index (χ2v) is 8.95. The van der Waals surface area contributed by atoms with Crippen LogP contribution in [0.1, 0.15) is 38.5 Å². The molecule has 0 spiro atoms. The Morgan fingerprint density at radius 3 is 2.86 bits per heavy atom. The van der Waals surface area contributed by atoms with E-state index in [2.05, 4.69) is 26.1 Å². The smallest absolute Gasteiger partial charge is 0.244 e. The normalized spacial score (nSPS) is 20.5. The van der Waals surface area contributed by atoms with E-state index in [9.17, 15) is 8.42 Å². The van der Waals surface area contributed by atoms with Crippen LogP contribution in [0.4, 0.5) is 0 Å². The SMILES string of the molecule is CCCNCc1sccc1S(=O)(=O)N1CCC(C(C)C)C1. The second kappa shape index (κ2) is 7.22. The fourth-order valence-corrected chi connectivity index (χ4v) is 5.62. The van der Waals surface area contributed by atoms with Gasteiger partial charge in [-0.3, -0.25) is 0 Å². The number of thiophene rings is 1. The number of nitrogens with one attached hydrogen (secondary N) is 1. The van der Waals surface area contributed by atoms with Crippen molar-refractivity contribution in [3.63, 3.8) is 0 Å². The molecule has 0 amide bonds. The summed E-state index contributed by atoms with van der Waals surface area (Å²) >= 11 is 1.52. The van der Waals surface area contributed by atoms with Gasteiger partial charge < -0.3 is 5.32 Å². The highest BCUT2D eigenvalue weighted by atomic mass is 32.2. The van der Waals surface area contributed by atoms with Gasteiger partial charge in [0.1, 0.15) is 0 Å². The maximum Gasteiger partial charge on any atom is 0.244 e. The molecule has 21 heavy (non-hydrogen) atoms. The van der Waals surface area contributed by atoms with E-state index in [-0.39, 0.29) is 0 Å². The molecule has 1 aliphatic rings. The number of hydrogen-bond donors (Lipinski definition) is 1. The van der Waals surface area contributed by atoms with Gasteiger partial charge in [-0.15, -0.1) is 11.3 Å². The van der Waals surface area contributed by atoms with Gasteiger partial charge in [0.25, 0.3) is 0 Å². The van der Waals surface area contributed by atoms with E-state index < -0.39 is 10.0 Å². The molecule has 1 aromatic heterocycles. The summed E-state index contributed by atoms with van der Waals surface area (Å²) in [5, 5.41) is 5.18. The monoisotopic (exact) mass is 330 g/mol. The van der Waals surface area contributed by atoms with Crippen molar-refractivity contribution < 1.29 is 8.42 Å². The molecule has 0 radical (unpaired) electrons. The van der Waals surface area contributed by atoms with Crippen molar-refractivity contribution in [2.24, 2.45) is 11.8 Å². The van der Waals surface area contributed by atoms with Crippen molar-refractivity contribution in [2.75, 3.05) is 19.6 Å². The molecule has 1 atom stereocenters. The summed E-state index contributed by atoms with van der Waals surface area (Å²) < 4.78 is 27.3. The Morgan fingerprint density at radius 2 is 2.24 bits per heavy atom. The van der Waals surface area contributed by atoms with E-state index in [0.29, 0.717) is 36.4 Å². The Kier molecular flexibility index (Phi) is 5.82. The highest BCUT2D eigenvalue weighted by Gasteiger charge is 2.35. The van der Waals surface area contributed by atoms with Crippen molar-refractivity contribution in [1.29, 1.82) is 0 Å². The summed E-state index contributed by atoms with van der Waals surface area (Å²) in [7, 11) is -3.33. The molecule has 1 aliphatic heterocycles. The molecule has 120 valence electrons. The zero-order valence-electron chi connectivity index (χ0n) is 13.1. The lowest BCUT2D eigenvalue weighted by Gasteiger charge is -2.18. The lowest BCUT2D eigenvalue weighted by molar-refractivity contribution is 0.388. The van der Waals surface area contributed by atoms with Gasteiger partial charge in [-0.2, -0.15) is 4.31 Å². The molecule has 2 heterocycles. The quantitative estimate of drug-likeness (QED) is 0.782. The van der Waals surface area contributed by atoms with Crippen LogP contribution in [-0.2, 0) is 16.6 Å². The molecule has 4 nitrogen and oxygen atoms in total. The highest BCUT2D eigenvalue weighted by Crippen LogP contribution is 2.31. The van der Waals surface area contributed by atoms with Crippen molar-refractivity contribution in [1.82, 2.24) is 9.62 Å². The van der Waals surface area contributed by atoms with Crippen LogP contribution < -0.4 is 5.32 Å². The van der Waals surface area contributed by atoms with Crippen LogP contribution in [-0.4, -0.2) is 32.4 Å². The van der Waals surface area contributed by atoms with Crippen LogP contribution in [0, 0.1) is 11.8 Å². The summed E-state index contributed by atoms with van der Waals surface area (Å²) in [5.41, 5.74) is 0. The van der Waals surface area contributed by atoms with Gasteiger partial charge in [0, 0.05) is 24.5 Å². The summed E-state index contributed by atoms with van der Waals surface area (Å²) in [6.45, 7) is 9.32. The van der Waals surface area contributed by atoms with Crippen molar-refractivity contribution in [3.8, 4) is 0 Å². The zero-order valence-corrected chi connectivity index (χ0v) is 14.8. The van der Waals surface area contributed by atoms with Crippen LogP contribution in [0.2, 0.25) is 0 Å². The summed E-state index contributed by atoms with van der Waals surface area (Å²) in [4.78, 5) is 1.43. The van der Waals surface area contributed by atoms with Crippen LogP contribution in [0.25, 0.3) is 0 Å². The topological polar surface area (TPSA) is 49.4 Å². The first-order chi connectivity index (χ1) is 9.96. The van der Waals surface area contributed by atoms with E-state index in [1.807, 2.05) is 5.38 Å². The number of rotatable bonds is 7. The van der Waals surface area contributed by atoms with Gasteiger partial charge in [0.2, 0.25) is 10.0 Å². The third-order valence-electron chi connectivity index (χ3n) is 4.16. The van der Waals surface area contributed by atoms with Crippen LogP contribution in [0.15, 0.2) is 16.3 Å². The molecule has 1 unspecified atom stereocenters. The molecule has 0 saturated carbocycles. The molecule has 0 bridgehead atoms. The maximum atomic E-state index is 12.8. The molecule has 0 aliphatic carbocycles. The predicted molar refractivity (Wildman–Crippen MR) is 88.0 cm³/mol. The molecule has 1 saturated heterocycles. The average molecular weight is 331 g/mol. The molecule has 6 heteroatoms. The maximum absolute atomic E-state index is 12.8. The van der Waals surface area contributed by atoms with E-state index >= 15 is 0 Å². The molecule has 2 rings (SSSR count). The van der Waals surface area contributed by atoms with Crippen LogP contribution in [0.5, 0.6) is 0 Å². The lowest BCUT2D eigenvalue weighted by Crippen LogP contribution is -2.30. The molecule has 1 aromatic rings. The zero-order chi connectivity index (χ0) is 15.5. The van der Waals surface area contributed by atoms with Crippen molar-refractivity contribution in [3.05, 3.63) is 16.3 Å². The van der Waals surface area contributed by atoms with Gasteiger partial charge in [0.15, 0.2) is 0 Å². The minimum Gasteiger partial charge on any atom is -0.312 e. The summed E-state index contributed by atoms with van der Waals surface area (Å²) in [6.07, 6.45) is 2.03. The fraction of sp³-hybridized carbons (Fsp3) is 0.733. The first-order valence-electron chi connectivity index (χ1n) is 7.74. The molecular weight excluding hydrogens is 304 g/mol. The Hall–Kier alpha value is -0.430.